The first kappa shape index (κ1) is 27.8. The van der Waals surface area contributed by atoms with E-state index in [4.69, 9.17) is 19.5 Å². The summed E-state index contributed by atoms with van der Waals surface area (Å²) in [6, 6.07) is 43.2. The molecule has 0 saturated carbocycles. The first-order chi connectivity index (χ1) is 21.2. The van der Waals surface area contributed by atoms with Gasteiger partial charge < -0.3 is 9.47 Å². The van der Waals surface area contributed by atoms with E-state index in [2.05, 4.69) is 149 Å². The summed E-state index contributed by atoms with van der Waals surface area (Å²) in [5.41, 5.74) is 11.0. The van der Waals surface area contributed by atoms with Gasteiger partial charge in [0.1, 0.15) is 13.2 Å². The predicted molar refractivity (Wildman–Crippen MR) is 181 cm³/mol. The van der Waals surface area contributed by atoms with E-state index in [-0.39, 0.29) is 11.1 Å². The Bertz CT molecular complexity index is 1790. The highest BCUT2D eigenvalue weighted by atomic mass is 16.5. The molecule has 0 radical (unpaired) electrons. The van der Waals surface area contributed by atoms with Crippen LogP contribution in [-0.4, -0.2) is 36.1 Å². The zero-order valence-electron chi connectivity index (χ0n) is 25.7. The molecule has 2 aliphatic rings. The van der Waals surface area contributed by atoms with Crippen LogP contribution < -0.4 is 0 Å². The molecule has 0 saturated heterocycles. The molecule has 4 nitrogen and oxygen atoms in total. The van der Waals surface area contributed by atoms with E-state index in [1.165, 1.54) is 22.3 Å². The van der Waals surface area contributed by atoms with Crippen molar-refractivity contribution in [2.75, 3.05) is 13.2 Å². The normalized spacial score (nSPS) is 16.5. The number of benzene rings is 5. The lowest BCUT2D eigenvalue weighted by atomic mass is 9.91. The summed E-state index contributed by atoms with van der Waals surface area (Å²) < 4.78 is 11.8. The molecule has 0 atom stereocenters. The molecule has 0 unspecified atom stereocenters. The van der Waals surface area contributed by atoms with E-state index in [0.29, 0.717) is 25.0 Å². The monoisotopic (exact) mass is 576 g/mol. The number of ether oxygens (including phenoxy) is 2. The van der Waals surface area contributed by atoms with Crippen LogP contribution in [-0.2, 0) is 9.47 Å². The molecule has 2 aliphatic heterocycles. The van der Waals surface area contributed by atoms with Crippen molar-refractivity contribution in [1.29, 1.82) is 0 Å². The van der Waals surface area contributed by atoms with E-state index < -0.39 is 0 Å². The molecule has 2 heterocycles. The van der Waals surface area contributed by atoms with E-state index >= 15 is 0 Å². The lowest BCUT2D eigenvalue weighted by molar-refractivity contribution is 0.279. The molecule has 5 aromatic carbocycles. The number of aliphatic imine (C=N–C) groups is 2. The minimum absolute atomic E-state index is 0.187. The second-order valence-electron chi connectivity index (χ2n) is 12.9. The van der Waals surface area contributed by atoms with Gasteiger partial charge in [0.15, 0.2) is 0 Å². The molecule has 4 heteroatoms. The molecule has 44 heavy (non-hydrogen) atoms. The molecule has 218 valence electrons. The second-order valence-corrected chi connectivity index (χ2v) is 12.9. The Morgan fingerprint density at radius 2 is 0.727 bits per heavy atom. The fraction of sp³-hybridized carbons (Fsp3) is 0.200. The Hall–Kier alpha value is -4.96. The van der Waals surface area contributed by atoms with Gasteiger partial charge in [-0.25, -0.2) is 9.98 Å². The summed E-state index contributed by atoms with van der Waals surface area (Å²) in [7, 11) is 0. The van der Waals surface area contributed by atoms with Crippen LogP contribution in [0.5, 0.6) is 0 Å². The highest BCUT2D eigenvalue weighted by Gasteiger charge is 2.28. The third kappa shape index (κ3) is 5.80. The fourth-order valence-corrected chi connectivity index (χ4v) is 5.71. The number of hydrogen-bond donors (Lipinski definition) is 0. The van der Waals surface area contributed by atoms with Gasteiger partial charge in [0.2, 0.25) is 11.8 Å². The zero-order valence-corrected chi connectivity index (χ0v) is 25.7. The first-order valence-electron chi connectivity index (χ1n) is 15.2. The van der Waals surface area contributed by atoms with E-state index in [9.17, 15) is 0 Å². The average molecular weight is 577 g/mol. The predicted octanol–water partition coefficient (Wildman–Crippen LogP) is 9.47. The first-order valence-corrected chi connectivity index (χ1v) is 15.2. The molecule has 0 N–H and O–H groups in total. The molecule has 0 spiro atoms. The highest BCUT2D eigenvalue weighted by Crippen LogP contribution is 2.35. The summed E-state index contributed by atoms with van der Waals surface area (Å²) in [5, 5.41) is 0. The van der Waals surface area contributed by atoms with Gasteiger partial charge in [-0.3, -0.25) is 0 Å². The summed E-state index contributed by atoms with van der Waals surface area (Å²) >= 11 is 0. The fourth-order valence-electron chi connectivity index (χ4n) is 5.71. The standard InChI is InChI=1S/C40H36N2O2/c1-39(2)25-43-37(41-39)30-17-13-28(14-18-30)34-22-35(29-15-19-31(20-16-29)38-42-40(3,4)26-44-38)24-36(23-34)33-12-8-11-32(21-33)27-9-6-5-7-10-27/h5-24H,25-26H2,1-4H3. The number of nitrogens with zero attached hydrogens (tertiary/aromatic N) is 2. The highest BCUT2D eigenvalue weighted by molar-refractivity contribution is 5.97. The van der Waals surface area contributed by atoms with Gasteiger partial charge >= 0.3 is 0 Å². The zero-order chi connectivity index (χ0) is 30.3. The molecular formula is C40H36N2O2. The number of rotatable bonds is 6. The van der Waals surface area contributed by atoms with Crippen LogP contribution in [0.3, 0.4) is 0 Å². The molecule has 0 aromatic heterocycles. The largest absolute Gasteiger partial charge is 0.475 e. The molecular weight excluding hydrogens is 540 g/mol. The Balaban J connectivity index is 1.29. The maximum absolute atomic E-state index is 5.89. The van der Waals surface area contributed by atoms with Crippen LogP contribution >= 0.6 is 0 Å². The molecule has 0 fully saturated rings. The Morgan fingerprint density at radius 1 is 0.386 bits per heavy atom. The summed E-state index contributed by atoms with van der Waals surface area (Å²) in [5.74, 6) is 1.43. The average Bonchev–Trinajstić information content (AvgIpc) is 3.61. The minimum atomic E-state index is -0.187. The van der Waals surface area contributed by atoms with E-state index in [0.717, 1.165) is 33.4 Å². The van der Waals surface area contributed by atoms with Gasteiger partial charge in [-0.15, -0.1) is 0 Å². The van der Waals surface area contributed by atoms with Gasteiger partial charge in [-0.1, -0.05) is 72.8 Å². The Labute approximate surface area is 259 Å². The maximum Gasteiger partial charge on any atom is 0.216 e. The molecule has 0 bridgehead atoms. The van der Waals surface area contributed by atoms with Crippen molar-refractivity contribution in [3.63, 3.8) is 0 Å². The van der Waals surface area contributed by atoms with Crippen LogP contribution in [0.4, 0.5) is 0 Å². The van der Waals surface area contributed by atoms with E-state index in [1.807, 2.05) is 0 Å². The van der Waals surface area contributed by atoms with Crippen molar-refractivity contribution in [2.24, 2.45) is 9.98 Å². The molecule has 0 amide bonds. The minimum Gasteiger partial charge on any atom is -0.475 e. The molecule has 0 aliphatic carbocycles. The van der Waals surface area contributed by atoms with Crippen molar-refractivity contribution in [1.82, 2.24) is 0 Å². The van der Waals surface area contributed by atoms with Crippen LogP contribution in [0, 0.1) is 0 Å². The molecule has 7 rings (SSSR count). The summed E-state index contributed by atoms with van der Waals surface area (Å²) in [4.78, 5) is 9.51. The topological polar surface area (TPSA) is 43.2 Å². The Kier molecular flexibility index (Phi) is 6.93. The SMILES string of the molecule is CC1(C)COC(c2ccc(-c3cc(-c4ccc(C5=NC(C)(C)CO5)cc4)cc(-c4cccc(-c5ccccc5)c4)c3)cc2)=N1. The second kappa shape index (κ2) is 10.9. The van der Waals surface area contributed by atoms with Crippen molar-refractivity contribution in [3.05, 3.63) is 132 Å². The smallest absolute Gasteiger partial charge is 0.216 e. The van der Waals surface area contributed by atoms with Gasteiger partial charge in [-0.05, 0) is 121 Å². The van der Waals surface area contributed by atoms with Gasteiger partial charge in [-0.2, -0.15) is 0 Å². The summed E-state index contributed by atoms with van der Waals surface area (Å²) in [6.07, 6.45) is 0. The van der Waals surface area contributed by atoms with Crippen molar-refractivity contribution in [2.45, 2.75) is 38.8 Å². The van der Waals surface area contributed by atoms with Gasteiger partial charge in [0, 0.05) is 11.1 Å². The van der Waals surface area contributed by atoms with Crippen LogP contribution in [0.15, 0.2) is 131 Å². The lowest BCUT2D eigenvalue weighted by Gasteiger charge is -2.13. The quantitative estimate of drug-likeness (QED) is 0.202. The van der Waals surface area contributed by atoms with Crippen LogP contribution in [0.25, 0.3) is 44.5 Å². The van der Waals surface area contributed by atoms with Crippen molar-refractivity contribution in [3.8, 4) is 44.5 Å². The third-order valence-electron chi connectivity index (χ3n) is 8.10. The third-order valence-corrected chi connectivity index (χ3v) is 8.10. The van der Waals surface area contributed by atoms with Gasteiger partial charge in [0.25, 0.3) is 0 Å². The maximum atomic E-state index is 5.89. The van der Waals surface area contributed by atoms with Crippen LogP contribution in [0.1, 0.15) is 38.8 Å². The number of hydrogen-bond acceptors (Lipinski definition) is 4. The molecule has 5 aromatic rings. The lowest BCUT2D eigenvalue weighted by Crippen LogP contribution is -2.17. The van der Waals surface area contributed by atoms with Crippen molar-refractivity contribution < 1.29 is 9.47 Å². The van der Waals surface area contributed by atoms with Crippen molar-refractivity contribution >= 4 is 11.8 Å². The van der Waals surface area contributed by atoms with Crippen LogP contribution in [0.2, 0.25) is 0 Å². The van der Waals surface area contributed by atoms with Gasteiger partial charge in [0.05, 0.1) is 11.1 Å². The van der Waals surface area contributed by atoms with E-state index in [1.54, 1.807) is 0 Å². The Morgan fingerprint density at radius 3 is 1.16 bits per heavy atom. The summed E-state index contributed by atoms with van der Waals surface area (Å²) in [6.45, 7) is 9.58.